The molecule has 52 heavy (non-hydrogen) atoms. The van der Waals surface area contributed by atoms with Gasteiger partial charge in [0.05, 0.1) is 27.9 Å². The number of rotatable bonds is 4. The largest absolute Gasteiger partial charge is 0.454 e. The Labute approximate surface area is 299 Å². The van der Waals surface area contributed by atoms with Crippen LogP contribution in [0.1, 0.15) is 0 Å². The van der Waals surface area contributed by atoms with Crippen molar-refractivity contribution in [1.29, 1.82) is 0 Å². The summed E-state index contributed by atoms with van der Waals surface area (Å²) in [7, 11) is 0. The number of hydrogen-bond acceptors (Lipinski definition) is 2. The number of aromatic nitrogens is 2. The van der Waals surface area contributed by atoms with Gasteiger partial charge in [0.2, 0.25) is 0 Å². The van der Waals surface area contributed by atoms with Crippen molar-refractivity contribution in [3.05, 3.63) is 182 Å². The van der Waals surface area contributed by atoms with Gasteiger partial charge in [0.15, 0.2) is 5.58 Å². The van der Waals surface area contributed by atoms with Crippen LogP contribution in [-0.2, 0) is 0 Å². The number of nitrogens with zero attached hydrogens (tertiary/aromatic N) is 2. The van der Waals surface area contributed by atoms with Crippen LogP contribution in [0.4, 0.5) is 0 Å². The molecule has 0 aliphatic rings. The second-order valence-electron chi connectivity index (χ2n) is 13.6. The van der Waals surface area contributed by atoms with Crippen molar-refractivity contribution in [3.63, 3.8) is 0 Å². The molecule has 3 nitrogen and oxygen atoms in total. The van der Waals surface area contributed by atoms with Gasteiger partial charge >= 0.3 is 0 Å². The molecule has 0 spiro atoms. The van der Waals surface area contributed by atoms with E-state index in [9.17, 15) is 0 Å². The molecule has 0 amide bonds. The van der Waals surface area contributed by atoms with Gasteiger partial charge in [-0.15, -0.1) is 0 Å². The molecular formula is C49H30N2O. The van der Waals surface area contributed by atoms with E-state index in [1.54, 1.807) is 0 Å². The van der Waals surface area contributed by atoms with Crippen LogP contribution >= 0.6 is 0 Å². The van der Waals surface area contributed by atoms with Crippen LogP contribution in [-0.4, -0.2) is 9.55 Å². The molecular weight excluding hydrogens is 633 g/mol. The van der Waals surface area contributed by atoms with Crippen molar-refractivity contribution in [2.45, 2.75) is 0 Å². The van der Waals surface area contributed by atoms with Crippen molar-refractivity contribution in [3.8, 4) is 39.2 Å². The fourth-order valence-corrected chi connectivity index (χ4v) is 8.04. The highest BCUT2D eigenvalue weighted by molar-refractivity contribution is 6.14. The Morgan fingerprint density at radius 3 is 1.87 bits per heavy atom. The molecule has 3 heteroatoms. The molecule has 0 aliphatic carbocycles. The molecule has 0 fully saturated rings. The summed E-state index contributed by atoms with van der Waals surface area (Å²) in [6, 6.07) is 64.8. The van der Waals surface area contributed by atoms with Crippen LogP contribution in [0.5, 0.6) is 0 Å². The first-order chi connectivity index (χ1) is 25.8. The molecule has 0 saturated heterocycles. The van der Waals surface area contributed by atoms with Crippen LogP contribution in [0.3, 0.4) is 0 Å². The third kappa shape index (κ3) is 4.43. The highest BCUT2D eigenvalue weighted by atomic mass is 16.3. The van der Waals surface area contributed by atoms with E-state index in [2.05, 4.69) is 187 Å². The Morgan fingerprint density at radius 1 is 0.385 bits per heavy atom. The first-order valence-electron chi connectivity index (χ1n) is 17.7. The van der Waals surface area contributed by atoms with E-state index in [4.69, 9.17) is 9.40 Å². The van der Waals surface area contributed by atoms with E-state index in [0.717, 1.165) is 66.2 Å². The van der Waals surface area contributed by atoms with Gasteiger partial charge in [0.1, 0.15) is 5.58 Å². The predicted octanol–water partition coefficient (Wildman–Crippen LogP) is 13.4. The van der Waals surface area contributed by atoms with Gasteiger partial charge in [0, 0.05) is 37.9 Å². The SMILES string of the molecule is c1ccc(-c2ccc3ccc4ccc(-c5ccc6c(c5)oc5c(-n7c8ccccc8c8ccc(-c9ccccc9)cc87)cccc56)nc4c3c2)cc1. The van der Waals surface area contributed by atoms with Crippen molar-refractivity contribution in [1.82, 2.24) is 9.55 Å². The van der Waals surface area contributed by atoms with E-state index in [0.29, 0.717) is 0 Å². The van der Waals surface area contributed by atoms with Gasteiger partial charge in [-0.1, -0.05) is 140 Å². The molecule has 3 heterocycles. The minimum absolute atomic E-state index is 0.844. The average Bonchev–Trinajstić information content (AvgIpc) is 3.76. The maximum atomic E-state index is 6.86. The van der Waals surface area contributed by atoms with Crippen molar-refractivity contribution >= 4 is 65.4 Å². The second-order valence-corrected chi connectivity index (χ2v) is 13.6. The van der Waals surface area contributed by atoms with Crippen LogP contribution in [0.15, 0.2) is 186 Å². The number of benzene rings is 8. The molecule has 11 aromatic rings. The van der Waals surface area contributed by atoms with Gasteiger partial charge in [-0.3, -0.25) is 0 Å². The fraction of sp³-hybridized carbons (Fsp3) is 0. The summed E-state index contributed by atoms with van der Waals surface area (Å²) in [5.74, 6) is 0. The standard InChI is InChI=1S/C49H30N2O/c1-3-10-31(11-4-1)35-21-19-33-18-20-34-24-27-43(50-48(34)42(33)28-35)37-23-26-40-41-15-9-17-45(49(41)52-47(40)30-37)51-44-16-8-7-14-38(44)39-25-22-36(29-46(39)51)32-12-5-2-6-13-32/h1-30H. The minimum atomic E-state index is 0.844. The fourth-order valence-electron chi connectivity index (χ4n) is 8.04. The van der Waals surface area contributed by atoms with E-state index < -0.39 is 0 Å². The maximum absolute atomic E-state index is 6.86. The summed E-state index contributed by atoms with van der Waals surface area (Å²) in [4.78, 5) is 5.28. The molecule has 11 rings (SSSR count). The van der Waals surface area contributed by atoms with Gasteiger partial charge in [-0.05, 0) is 70.1 Å². The zero-order chi connectivity index (χ0) is 34.2. The number of furan rings is 1. The molecule has 242 valence electrons. The summed E-state index contributed by atoms with van der Waals surface area (Å²) in [5, 5.41) is 8.07. The third-order valence-corrected chi connectivity index (χ3v) is 10.6. The zero-order valence-corrected chi connectivity index (χ0v) is 28.1. The summed E-state index contributed by atoms with van der Waals surface area (Å²) >= 11 is 0. The van der Waals surface area contributed by atoms with E-state index in [1.165, 1.54) is 38.4 Å². The smallest absolute Gasteiger partial charge is 0.159 e. The van der Waals surface area contributed by atoms with Crippen LogP contribution in [0.25, 0.3) is 105 Å². The van der Waals surface area contributed by atoms with Crippen molar-refractivity contribution in [2.24, 2.45) is 0 Å². The van der Waals surface area contributed by atoms with Gasteiger partial charge in [-0.25, -0.2) is 4.98 Å². The number of pyridine rings is 1. The Kier molecular flexibility index (Phi) is 6.25. The predicted molar refractivity (Wildman–Crippen MR) is 217 cm³/mol. The highest BCUT2D eigenvalue weighted by Crippen LogP contribution is 2.40. The molecule has 8 aromatic carbocycles. The van der Waals surface area contributed by atoms with Gasteiger partial charge < -0.3 is 8.98 Å². The van der Waals surface area contributed by atoms with Crippen LogP contribution in [0.2, 0.25) is 0 Å². The molecule has 0 radical (unpaired) electrons. The summed E-state index contributed by atoms with van der Waals surface area (Å²) in [5.41, 5.74) is 12.8. The quantitative estimate of drug-likeness (QED) is 0.176. The highest BCUT2D eigenvalue weighted by Gasteiger charge is 2.19. The van der Waals surface area contributed by atoms with Crippen molar-refractivity contribution in [2.75, 3.05) is 0 Å². The lowest BCUT2D eigenvalue weighted by Gasteiger charge is -2.09. The van der Waals surface area contributed by atoms with E-state index >= 15 is 0 Å². The maximum Gasteiger partial charge on any atom is 0.159 e. The molecule has 0 N–H and O–H groups in total. The zero-order valence-electron chi connectivity index (χ0n) is 28.1. The van der Waals surface area contributed by atoms with Gasteiger partial charge in [-0.2, -0.15) is 0 Å². The first kappa shape index (κ1) is 28.8. The van der Waals surface area contributed by atoms with Gasteiger partial charge in [0.25, 0.3) is 0 Å². The summed E-state index contributed by atoms with van der Waals surface area (Å²) in [6.45, 7) is 0. The minimum Gasteiger partial charge on any atom is -0.454 e. The molecule has 3 aromatic heterocycles. The molecule has 0 bridgehead atoms. The normalized spacial score (nSPS) is 11.8. The van der Waals surface area contributed by atoms with Crippen molar-refractivity contribution < 1.29 is 4.42 Å². The third-order valence-electron chi connectivity index (χ3n) is 10.6. The number of hydrogen-bond donors (Lipinski definition) is 0. The Hall–Kier alpha value is -6.97. The molecule has 0 aliphatic heterocycles. The lowest BCUT2D eigenvalue weighted by atomic mass is 9.99. The molecule has 0 saturated carbocycles. The average molecular weight is 663 g/mol. The van der Waals surface area contributed by atoms with Crippen LogP contribution < -0.4 is 0 Å². The van der Waals surface area contributed by atoms with Crippen LogP contribution in [0, 0.1) is 0 Å². The second kappa shape index (κ2) is 11.3. The number of para-hydroxylation sites is 2. The number of fused-ring (bicyclic) bond motifs is 9. The Bertz CT molecular complexity index is 3170. The first-order valence-corrected chi connectivity index (χ1v) is 17.7. The molecule has 0 unspecified atom stereocenters. The lowest BCUT2D eigenvalue weighted by molar-refractivity contribution is 0.666. The molecule has 0 atom stereocenters. The lowest BCUT2D eigenvalue weighted by Crippen LogP contribution is -1.94. The topological polar surface area (TPSA) is 31.0 Å². The monoisotopic (exact) mass is 662 g/mol. The van der Waals surface area contributed by atoms with E-state index in [-0.39, 0.29) is 0 Å². The Balaban J connectivity index is 1.08. The Morgan fingerprint density at radius 2 is 1.02 bits per heavy atom. The van der Waals surface area contributed by atoms with E-state index in [1.807, 2.05) is 0 Å². The summed E-state index contributed by atoms with van der Waals surface area (Å²) in [6.07, 6.45) is 0. The summed E-state index contributed by atoms with van der Waals surface area (Å²) < 4.78 is 9.22.